The van der Waals surface area contributed by atoms with Gasteiger partial charge in [-0.15, -0.1) is 0 Å². The van der Waals surface area contributed by atoms with Crippen LogP contribution in [-0.2, 0) is 17.8 Å². The van der Waals surface area contributed by atoms with E-state index in [2.05, 4.69) is 16.7 Å². The van der Waals surface area contributed by atoms with Gasteiger partial charge in [0.1, 0.15) is 5.82 Å². The van der Waals surface area contributed by atoms with Gasteiger partial charge in [-0.25, -0.2) is 4.98 Å². The van der Waals surface area contributed by atoms with Gasteiger partial charge in [0.25, 0.3) is 5.56 Å². The second kappa shape index (κ2) is 8.13. The van der Waals surface area contributed by atoms with E-state index in [1.807, 2.05) is 4.57 Å². The number of nitrogens with zero attached hydrogens (tertiary/aromatic N) is 4. The van der Waals surface area contributed by atoms with Crippen LogP contribution in [0.3, 0.4) is 0 Å². The van der Waals surface area contributed by atoms with Crippen molar-refractivity contribution in [2.24, 2.45) is 0 Å². The van der Waals surface area contributed by atoms with Crippen molar-refractivity contribution in [3.63, 3.8) is 0 Å². The molecule has 1 aromatic rings. The number of rotatable bonds is 3. The van der Waals surface area contributed by atoms with E-state index < -0.39 is 0 Å². The van der Waals surface area contributed by atoms with E-state index in [1.165, 1.54) is 12.8 Å². The Labute approximate surface area is 161 Å². The van der Waals surface area contributed by atoms with Crippen LogP contribution >= 0.6 is 0 Å². The summed E-state index contributed by atoms with van der Waals surface area (Å²) >= 11 is 0. The minimum Gasteiger partial charge on any atom is -0.339 e. The lowest BCUT2D eigenvalue weighted by molar-refractivity contribution is -0.135. The Morgan fingerprint density at radius 2 is 1.96 bits per heavy atom. The van der Waals surface area contributed by atoms with Gasteiger partial charge in [-0.05, 0) is 52.0 Å². The maximum atomic E-state index is 12.7. The molecule has 6 nitrogen and oxygen atoms in total. The van der Waals surface area contributed by atoms with E-state index in [-0.39, 0.29) is 17.4 Å². The highest BCUT2D eigenvalue weighted by atomic mass is 16.2. The maximum Gasteiger partial charge on any atom is 0.253 e. The van der Waals surface area contributed by atoms with Gasteiger partial charge < -0.3 is 4.90 Å². The SMILES string of the molecule is CC1CCCCN1C(=O)CN1CCC(c2cc(=O)n3c(n2)CCCCC3)C1. The number of fused-ring (bicyclic) bond motifs is 1. The average Bonchev–Trinajstić information content (AvgIpc) is 2.98. The highest BCUT2D eigenvalue weighted by Gasteiger charge is 2.30. The monoisotopic (exact) mass is 372 g/mol. The molecule has 0 spiro atoms. The highest BCUT2D eigenvalue weighted by molar-refractivity contribution is 5.78. The van der Waals surface area contributed by atoms with Crippen LogP contribution < -0.4 is 5.56 Å². The number of likely N-dealkylation sites (tertiary alicyclic amines) is 2. The topological polar surface area (TPSA) is 58.4 Å². The maximum absolute atomic E-state index is 12.7. The summed E-state index contributed by atoms with van der Waals surface area (Å²) in [6.07, 6.45) is 8.74. The molecule has 0 radical (unpaired) electrons. The van der Waals surface area contributed by atoms with Crippen molar-refractivity contribution in [3.05, 3.63) is 27.9 Å². The van der Waals surface area contributed by atoms with Gasteiger partial charge in [-0.3, -0.25) is 19.1 Å². The fourth-order valence-electron chi connectivity index (χ4n) is 4.91. The van der Waals surface area contributed by atoms with Crippen LogP contribution in [0.4, 0.5) is 0 Å². The standard InChI is InChI=1S/C21H32N4O2/c1-16-7-4-6-10-24(16)21(27)15-23-12-9-17(14-23)18-13-20(26)25-11-5-2-3-8-19(25)22-18/h13,16-17H,2-12,14-15H2,1H3. The first-order valence-electron chi connectivity index (χ1n) is 10.7. The molecule has 2 saturated heterocycles. The summed E-state index contributed by atoms with van der Waals surface area (Å²) in [5, 5.41) is 0. The molecule has 148 valence electrons. The molecule has 2 fully saturated rings. The van der Waals surface area contributed by atoms with E-state index in [1.54, 1.807) is 6.07 Å². The molecule has 2 unspecified atom stereocenters. The predicted octanol–water partition coefficient (Wildman–Crippen LogP) is 2.16. The summed E-state index contributed by atoms with van der Waals surface area (Å²) in [6.45, 7) is 6.13. The number of carbonyl (C=O) groups excluding carboxylic acids is 1. The Kier molecular flexibility index (Phi) is 5.62. The third-order valence-corrected chi connectivity index (χ3v) is 6.56. The van der Waals surface area contributed by atoms with Crippen molar-refractivity contribution >= 4 is 5.91 Å². The Balaban J connectivity index is 1.41. The van der Waals surface area contributed by atoms with Gasteiger partial charge in [0.05, 0.1) is 12.2 Å². The van der Waals surface area contributed by atoms with E-state index >= 15 is 0 Å². The van der Waals surface area contributed by atoms with E-state index in [0.717, 1.165) is 76.2 Å². The fourth-order valence-corrected chi connectivity index (χ4v) is 4.91. The molecular weight excluding hydrogens is 340 g/mol. The molecule has 6 heteroatoms. The minimum atomic E-state index is 0.105. The number of hydrogen-bond acceptors (Lipinski definition) is 4. The van der Waals surface area contributed by atoms with Crippen LogP contribution in [-0.4, -0.2) is 57.5 Å². The molecule has 3 aliphatic rings. The molecular formula is C21H32N4O2. The lowest BCUT2D eigenvalue weighted by Crippen LogP contribution is -2.46. The Hall–Kier alpha value is -1.69. The normalized spacial score (nSPS) is 26.6. The third-order valence-electron chi connectivity index (χ3n) is 6.56. The van der Waals surface area contributed by atoms with Crippen molar-refractivity contribution in [2.45, 2.75) is 76.8 Å². The number of carbonyl (C=O) groups is 1. The quantitative estimate of drug-likeness (QED) is 0.816. The zero-order valence-corrected chi connectivity index (χ0v) is 16.5. The highest BCUT2D eigenvalue weighted by Crippen LogP contribution is 2.26. The first-order valence-corrected chi connectivity index (χ1v) is 10.7. The van der Waals surface area contributed by atoms with Crippen molar-refractivity contribution in [1.29, 1.82) is 0 Å². The van der Waals surface area contributed by atoms with Crippen LogP contribution in [0.2, 0.25) is 0 Å². The van der Waals surface area contributed by atoms with Crippen molar-refractivity contribution in [1.82, 2.24) is 19.4 Å². The van der Waals surface area contributed by atoms with Crippen LogP contribution in [0.25, 0.3) is 0 Å². The average molecular weight is 373 g/mol. The predicted molar refractivity (Wildman–Crippen MR) is 105 cm³/mol. The minimum absolute atomic E-state index is 0.105. The van der Waals surface area contributed by atoms with Crippen molar-refractivity contribution in [2.75, 3.05) is 26.2 Å². The van der Waals surface area contributed by atoms with Crippen LogP contribution in [0, 0.1) is 0 Å². The van der Waals surface area contributed by atoms with Gasteiger partial charge in [-0.2, -0.15) is 0 Å². The molecule has 0 aromatic carbocycles. The smallest absolute Gasteiger partial charge is 0.253 e. The third kappa shape index (κ3) is 4.10. The van der Waals surface area contributed by atoms with E-state index in [4.69, 9.17) is 4.98 Å². The number of aryl methyl sites for hydroxylation is 1. The van der Waals surface area contributed by atoms with Crippen LogP contribution in [0.15, 0.2) is 10.9 Å². The first kappa shape index (κ1) is 18.7. The lowest BCUT2D eigenvalue weighted by atomic mass is 10.0. The lowest BCUT2D eigenvalue weighted by Gasteiger charge is -2.34. The molecule has 0 aliphatic carbocycles. The second-order valence-corrected chi connectivity index (χ2v) is 8.55. The Morgan fingerprint density at radius 1 is 1.11 bits per heavy atom. The first-order chi connectivity index (χ1) is 13.1. The van der Waals surface area contributed by atoms with Crippen molar-refractivity contribution < 1.29 is 4.79 Å². The van der Waals surface area contributed by atoms with Gasteiger partial charge in [0, 0.05) is 44.1 Å². The summed E-state index contributed by atoms with van der Waals surface area (Å²) in [4.78, 5) is 34.4. The summed E-state index contributed by atoms with van der Waals surface area (Å²) in [5.41, 5.74) is 1.04. The van der Waals surface area contributed by atoms with E-state index in [0.29, 0.717) is 12.6 Å². The molecule has 2 atom stereocenters. The summed E-state index contributed by atoms with van der Waals surface area (Å²) in [7, 11) is 0. The molecule has 0 bridgehead atoms. The van der Waals surface area contributed by atoms with Gasteiger partial charge in [0.2, 0.25) is 5.91 Å². The largest absolute Gasteiger partial charge is 0.339 e. The molecule has 1 amide bonds. The fraction of sp³-hybridized carbons (Fsp3) is 0.762. The zero-order chi connectivity index (χ0) is 18.8. The number of piperidine rings is 1. The molecule has 3 aliphatic heterocycles. The molecule has 1 aromatic heterocycles. The summed E-state index contributed by atoms with van der Waals surface area (Å²) in [5.74, 6) is 1.50. The van der Waals surface area contributed by atoms with Crippen molar-refractivity contribution in [3.8, 4) is 0 Å². The van der Waals surface area contributed by atoms with Crippen LogP contribution in [0.1, 0.15) is 69.3 Å². The molecule has 27 heavy (non-hydrogen) atoms. The number of amides is 1. The van der Waals surface area contributed by atoms with Crippen LogP contribution in [0.5, 0.6) is 0 Å². The molecule has 4 heterocycles. The summed E-state index contributed by atoms with van der Waals surface area (Å²) in [6, 6.07) is 2.12. The molecule has 4 rings (SSSR count). The second-order valence-electron chi connectivity index (χ2n) is 8.55. The summed E-state index contributed by atoms with van der Waals surface area (Å²) < 4.78 is 1.87. The Morgan fingerprint density at radius 3 is 2.81 bits per heavy atom. The molecule has 0 N–H and O–H groups in total. The number of hydrogen-bond donors (Lipinski definition) is 0. The molecule has 0 saturated carbocycles. The van der Waals surface area contributed by atoms with Gasteiger partial charge in [0.15, 0.2) is 0 Å². The zero-order valence-electron chi connectivity index (χ0n) is 16.5. The Bertz CT molecular complexity index is 744. The van der Waals surface area contributed by atoms with E-state index in [9.17, 15) is 9.59 Å². The van der Waals surface area contributed by atoms with Gasteiger partial charge in [-0.1, -0.05) is 6.42 Å². The van der Waals surface area contributed by atoms with Gasteiger partial charge >= 0.3 is 0 Å². The number of aromatic nitrogens is 2.